The summed E-state index contributed by atoms with van der Waals surface area (Å²) >= 11 is 1.69. The van der Waals surface area contributed by atoms with Gasteiger partial charge in [0.2, 0.25) is 0 Å². The Morgan fingerprint density at radius 3 is 2.62 bits per heavy atom. The minimum atomic E-state index is -0.767. The fourth-order valence-corrected chi connectivity index (χ4v) is 4.91. The SMILES string of the molecule is CCCC1=Nc2cc(C(=O)N3CCC(C(=O)O)CC3)ccc2Sc2ccccc21. The van der Waals surface area contributed by atoms with E-state index < -0.39 is 5.97 Å². The first-order valence-corrected chi connectivity index (χ1v) is 10.9. The lowest BCUT2D eigenvalue weighted by molar-refractivity contribution is -0.143. The third-order valence-corrected chi connectivity index (χ3v) is 6.64. The van der Waals surface area contributed by atoms with Gasteiger partial charge in [-0.2, -0.15) is 0 Å². The number of carboxylic acids is 1. The number of likely N-dealkylation sites (tertiary alicyclic amines) is 1. The number of benzene rings is 2. The van der Waals surface area contributed by atoms with Gasteiger partial charge in [0.15, 0.2) is 0 Å². The second kappa shape index (κ2) is 8.41. The van der Waals surface area contributed by atoms with Crippen molar-refractivity contribution < 1.29 is 14.7 Å². The molecule has 29 heavy (non-hydrogen) atoms. The molecule has 0 aromatic heterocycles. The van der Waals surface area contributed by atoms with E-state index in [2.05, 4.69) is 19.1 Å². The van der Waals surface area contributed by atoms with Gasteiger partial charge in [-0.1, -0.05) is 43.3 Å². The van der Waals surface area contributed by atoms with Crippen molar-refractivity contribution in [2.75, 3.05) is 13.1 Å². The largest absolute Gasteiger partial charge is 0.481 e. The lowest BCUT2D eigenvalue weighted by Gasteiger charge is -2.30. The van der Waals surface area contributed by atoms with E-state index in [1.54, 1.807) is 16.7 Å². The molecule has 0 atom stereocenters. The van der Waals surface area contributed by atoms with Crippen LogP contribution >= 0.6 is 11.8 Å². The molecule has 0 bridgehead atoms. The van der Waals surface area contributed by atoms with Crippen LogP contribution in [0.3, 0.4) is 0 Å². The van der Waals surface area contributed by atoms with Crippen molar-refractivity contribution in [3.05, 3.63) is 53.6 Å². The molecule has 4 rings (SSSR count). The normalized spacial score (nSPS) is 16.4. The lowest BCUT2D eigenvalue weighted by Crippen LogP contribution is -2.40. The summed E-state index contributed by atoms with van der Waals surface area (Å²) in [5.74, 6) is -1.16. The third kappa shape index (κ3) is 4.08. The highest BCUT2D eigenvalue weighted by atomic mass is 32.2. The van der Waals surface area contributed by atoms with Gasteiger partial charge in [-0.05, 0) is 43.5 Å². The highest BCUT2D eigenvalue weighted by molar-refractivity contribution is 7.99. The number of hydrogen-bond acceptors (Lipinski definition) is 4. The van der Waals surface area contributed by atoms with Crippen molar-refractivity contribution in [3.8, 4) is 0 Å². The minimum absolute atomic E-state index is 0.0457. The van der Waals surface area contributed by atoms with Crippen LogP contribution in [0.15, 0.2) is 57.2 Å². The summed E-state index contributed by atoms with van der Waals surface area (Å²) in [6.45, 7) is 3.11. The van der Waals surface area contributed by atoms with E-state index in [1.165, 1.54) is 10.5 Å². The predicted molar refractivity (Wildman–Crippen MR) is 114 cm³/mol. The first-order valence-electron chi connectivity index (χ1n) is 10.1. The number of rotatable bonds is 4. The van der Waals surface area contributed by atoms with Gasteiger partial charge in [0.1, 0.15) is 0 Å². The summed E-state index contributed by atoms with van der Waals surface area (Å²) in [6.07, 6.45) is 2.91. The zero-order valence-corrected chi connectivity index (χ0v) is 17.2. The van der Waals surface area contributed by atoms with Crippen molar-refractivity contribution >= 4 is 35.0 Å². The number of aliphatic carboxylic acids is 1. The van der Waals surface area contributed by atoms with Crippen molar-refractivity contribution in [1.82, 2.24) is 4.90 Å². The molecule has 1 amide bonds. The van der Waals surface area contributed by atoms with Gasteiger partial charge in [0.05, 0.1) is 11.6 Å². The van der Waals surface area contributed by atoms with Gasteiger partial charge >= 0.3 is 5.97 Å². The Balaban J connectivity index is 1.62. The summed E-state index contributed by atoms with van der Waals surface area (Å²) < 4.78 is 0. The number of aliphatic imine (C=N–C) groups is 1. The van der Waals surface area contributed by atoms with Gasteiger partial charge < -0.3 is 10.0 Å². The minimum Gasteiger partial charge on any atom is -0.481 e. The number of fused-ring (bicyclic) bond motifs is 2. The zero-order chi connectivity index (χ0) is 20.4. The standard InChI is InChI=1S/C23H24N2O3S/c1-2-5-18-17-6-3-4-7-20(17)29-21-9-8-16(14-19(21)24-18)22(26)25-12-10-15(11-13-25)23(27)28/h3-4,6-9,14-15H,2,5,10-13H2,1H3,(H,27,28). The first-order chi connectivity index (χ1) is 14.1. The number of carbonyl (C=O) groups excluding carboxylic acids is 1. The molecule has 1 N–H and O–H groups in total. The number of hydrogen-bond donors (Lipinski definition) is 1. The topological polar surface area (TPSA) is 70.0 Å². The Labute approximate surface area is 174 Å². The van der Waals surface area contributed by atoms with E-state index >= 15 is 0 Å². The fourth-order valence-electron chi connectivity index (χ4n) is 3.88. The molecule has 2 aliphatic heterocycles. The number of amides is 1. The predicted octanol–water partition coefficient (Wildman–Crippen LogP) is 5.01. The maximum atomic E-state index is 13.0. The van der Waals surface area contributed by atoms with E-state index in [1.807, 2.05) is 30.3 Å². The highest BCUT2D eigenvalue weighted by Crippen LogP contribution is 2.41. The maximum absolute atomic E-state index is 13.0. The number of nitrogens with zero attached hydrogens (tertiary/aromatic N) is 2. The molecule has 0 saturated carbocycles. The quantitative estimate of drug-likeness (QED) is 0.772. The number of carboxylic acid groups (broad SMARTS) is 1. The van der Waals surface area contributed by atoms with E-state index in [-0.39, 0.29) is 11.8 Å². The van der Waals surface area contributed by atoms with Crippen molar-refractivity contribution in [2.24, 2.45) is 10.9 Å². The van der Waals surface area contributed by atoms with Crippen molar-refractivity contribution in [2.45, 2.75) is 42.4 Å². The average molecular weight is 409 g/mol. The van der Waals surface area contributed by atoms with E-state index in [4.69, 9.17) is 10.1 Å². The molecule has 0 radical (unpaired) electrons. The van der Waals surface area contributed by atoms with E-state index in [9.17, 15) is 9.59 Å². The van der Waals surface area contributed by atoms with Crippen LogP contribution in [0.2, 0.25) is 0 Å². The summed E-state index contributed by atoms with van der Waals surface area (Å²) in [4.78, 5) is 33.1. The Bertz CT molecular complexity index is 978. The third-order valence-electron chi connectivity index (χ3n) is 5.50. The Morgan fingerprint density at radius 2 is 1.90 bits per heavy atom. The van der Waals surface area contributed by atoms with Gasteiger partial charge in [0, 0.05) is 39.7 Å². The molecule has 2 heterocycles. The number of carbonyl (C=O) groups is 2. The zero-order valence-electron chi connectivity index (χ0n) is 16.4. The summed E-state index contributed by atoms with van der Waals surface area (Å²) in [5.41, 5.74) is 3.67. The van der Waals surface area contributed by atoms with Crippen LogP contribution in [0.1, 0.15) is 48.5 Å². The van der Waals surface area contributed by atoms with Crippen LogP contribution in [0.5, 0.6) is 0 Å². The molecule has 1 saturated heterocycles. The van der Waals surface area contributed by atoms with E-state index in [0.29, 0.717) is 31.5 Å². The van der Waals surface area contributed by atoms with Crippen LogP contribution in [-0.2, 0) is 4.79 Å². The van der Waals surface area contributed by atoms with Crippen LogP contribution in [0, 0.1) is 5.92 Å². The molecule has 2 aromatic carbocycles. The molecule has 1 fully saturated rings. The van der Waals surface area contributed by atoms with Gasteiger partial charge in [-0.15, -0.1) is 0 Å². The highest BCUT2D eigenvalue weighted by Gasteiger charge is 2.28. The second-order valence-electron chi connectivity index (χ2n) is 7.49. The molecule has 0 unspecified atom stereocenters. The van der Waals surface area contributed by atoms with Crippen LogP contribution < -0.4 is 0 Å². The number of piperidine rings is 1. The summed E-state index contributed by atoms with van der Waals surface area (Å²) in [5, 5.41) is 9.16. The second-order valence-corrected chi connectivity index (χ2v) is 8.58. The summed E-state index contributed by atoms with van der Waals surface area (Å²) in [6, 6.07) is 14.0. The molecule has 2 aromatic rings. The van der Waals surface area contributed by atoms with E-state index in [0.717, 1.165) is 29.1 Å². The summed E-state index contributed by atoms with van der Waals surface area (Å²) in [7, 11) is 0. The van der Waals surface area contributed by atoms with Gasteiger partial charge in [0.25, 0.3) is 5.91 Å². The molecule has 2 aliphatic rings. The smallest absolute Gasteiger partial charge is 0.306 e. The first kappa shape index (κ1) is 19.7. The average Bonchev–Trinajstić information content (AvgIpc) is 2.89. The van der Waals surface area contributed by atoms with Crippen LogP contribution in [-0.4, -0.2) is 40.7 Å². The monoisotopic (exact) mass is 408 g/mol. The molecule has 5 nitrogen and oxygen atoms in total. The van der Waals surface area contributed by atoms with Crippen LogP contribution in [0.25, 0.3) is 0 Å². The van der Waals surface area contributed by atoms with Gasteiger partial charge in [-0.25, -0.2) is 0 Å². The van der Waals surface area contributed by atoms with Crippen LogP contribution in [0.4, 0.5) is 5.69 Å². The van der Waals surface area contributed by atoms with Gasteiger partial charge in [-0.3, -0.25) is 14.6 Å². The molecular formula is C23H24N2O3S. The molecular weight excluding hydrogens is 384 g/mol. The molecule has 0 spiro atoms. The molecule has 6 heteroatoms. The lowest BCUT2D eigenvalue weighted by atomic mass is 9.96. The van der Waals surface area contributed by atoms with Crippen molar-refractivity contribution in [1.29, 1.82) is 0 Å². The fraction of sp³-hybridized carbons (Fsp3) is 0.348. The molecule has 150 valence electrons. The Morgan fingerprint density at radius 1 is 1.14 bits per heavy atom. The Hall–Kier alpha value is -2.60. The maximum Gasteiger partial charge on any atom is 0.306 e. The van der Waals surface area contributed by atoms with Crippen molar-refractivity contribution in [3.63, 3.8) is 0 Å². The molecule has 0 aliphatic carbocycles. The Kier molecular flexibility index (Phi) is 5.72.